The number of unbranched alkanes of at least 4 members (excludes halogenated alkanes) is 6. The zero-order valence-electron chi connectivity index (χ0n) is 16.4. The van der Waals surface area contributed by atoms with E-state index in [0.29, 0.717) is 0 Å². The molecule has 0 aliphatic rings. The fourth-order valence-electron chi connectivity index (χ4n) is 2.86. The Morgan fingerprint density at radius 3 is 1.52 bits per heavy atom. The van der Waals surface area contributed by atoms with Gasteiger partial charge in [-0.25, -0.2) is 0 Å². The molecule has 0 aliphatic carbocycles. The highest BCUT2D eigenvalue weighted by atomic mass is 28.4. The molecule has 0 rings (SSSR count). The fraction of sp³-hybridized carbons (Fsp3) is 1.00. The van der Waals surface area contributed by atoms with Gasteiger partial charge in [-0.1, -0.05) is 46.0 Å². The maximum atomic E-state index is 5.46. The van der Waals surface area contributed by atoms with Crippen LogP contribution in [0.4, 0.5) is 0 Å². The predicted octanol–water partition coefficient (Wildman–Crippen LogP) is 4.72. The molecule has 0 saturated carbocycles. The summed E-state index contributed by atoms with van der Waals surface area (Å²) in [6.07, 6.45) is 11.6. The van der Waals surface area contributed by atoms with E-state index in [0.717, 1.165) is 12.5 Å². The van der Waals surface area contributed by atoms with Crippen molar-refractivity contribution in [1.29, 1.82) is 0 Å². The van der Waals surface area contributed by atoms with Gasteiger partial charge in [0.25, 0.3) is 0 Å². The second-order valence-electron chi connectivity index (χ2n) is 6.36. The largest absolute Gasteiger partial charge is 0.500 e. The minimum absolute atomic E-state index is 0.926. The van der Waals surface area contributed by atoms with Crippen LogP contribution in [-0.2, 0) is 13.3 Å². The Balaban J connectivity index is 3.72. The first-order valence-electron chi connectivity index (χ1n) is 9.55. The lowest BCUT2D eigenvalue weighted by atomic mass is 10.1. The first kappa shape index (κ1) is 23.1. The summed E-state index contributed by atoms with van der Waals surface area (Å²) in [5, 5.41) is 0. The number of hydrogen-bond donors (Lipinski definition) is 0. The van der Waals surface area contributed by atoms with E-state index in [1.165, 1.54) is 71.0 Å². The van der Waals surface area contributed by atoms with Gasteiger partial charge in [0.05, 0.1) is 0 Å². The summed E-state index contributed by atoms with van der Waals surface area (Å²) in [4.78, 5) is 2.66. The van der Waals surface area contributed by atoms with Gasteiger partial charge in [0.2, 0.25) is 0 Å². The van der Waals surface area contributed by atoms with Crippen molar-refractivity contribution in [2.75, 3.05) is 41.0 Å². The molecule has 0 N–H and O–H groups in total. The Bertz CT molecular complexity index is 234. The van der Waals surface area contributed by atoms with Crippen molar-refractivity contribution in [2.24, 2.45) is 0 Å². The highest BCUT2D eigenvalue weighted by Crippen LogP contribution is 2.18. The van der Waals surface area contributed by atoms with E-state index in [1.807, 2.05) is 0 Å². The van der Waals surface area contributed by atoms with E-state index >= 15 is 0 Å². The van der Waals surface area contributed by atoms with Crippen LogP contribution in [0.15, 0.2) is 0 Å². The molecule has 0 unspecified atom stereocenters. The third-order valence-electron chi connectivity index (χ3n) is 4.55. The zero-order valence-corrected chi connectivity index (χ0v) is 17.4. The third kappa shape index (κ3) is 11.3. The molecule has 0 saturated heterocycles. The van der Waals surface area contributed by atoms with E-state index in [-0.39, 0.29) is 0 Å². The van der Waals surface area contributed by atoms with Crippen molar-refractivity contribution in [1.82, 2.24) is 4.90 Å². The van der Waals surface area contributed by atoms with Crippen molar-refractivity contribution in [3.05, 3.63) is 0 Å². The molecule has 0 heterocycles. The molecule has 0 spiro atoms. The van der Waals surface area contributed by atoms with Crippen LogP contribution < -0.4 is 0 Å². The lowest BCUT2D eigenvalue weighted by molar-refractivity contribution is 0.122. The van der Waals surface area contributed by atoms with E-state index in [1.54, 1.807) is 21.3 Å². The summed E-state index contributed by atoms with van der Waals surface area (Å²) in [6.45, 7) is 8.38. The minimum atomic E-state index is -2.34. The summed E-state index contributed by atoms with van der Waals surface area (Å²) in [5.41, 5.74) is 0. The molecule has 23 heavy (non-hydrogen) atoms. The van der Waals surface area contributed by atoms with Crippen LogP contribution in [-0.4, -0.2) is 54.7 Å². The van der Waals surface area contributed by atoms with Gasteiger partial charge in [-0.2, -0.15) is 0 Å². The first-order chi connectivity index (χ1) is 11.2. The van der Waals surface area contributed by atoms with Crippen molar-refractivity contribution in [2.45, 2.75) is 77.7 Å². The third-order valence-corrected chi connectivity index (χ3v) is 7.38. The molecule has 0 atom stereocenters. The van der Waals surface area contributed by atoms with Gasteiger partial charge in [-0.05, 0) is 45.3 Å². The minimum Gasteiger partial charge on any atom is -0.377 e. The molecular formula is C18H41NO3Si. The molecule has 0 aromatic rings. The molecule has 0 amide bonds. The average molecular weight is 348 g/mol. The fourth-order valence-corrected chi connectivity index (χ4v) is 4.66. The average Bonchev–Trinajstić information content (AvgIpc) is 2.59. The van der Waals surface area contributed by atoms with E-state index in [9.17, 15) is 0 Å². The van der Waals surface area contributed by atoms with E-state index in [2.05, 4.69) is 18.7 Å². The number of nitrogens with zero attached hydrogens (tertiary/aromatic N) is 1. The van der Waals surface area contributed by atoms with Crippen LogP contribution in [0.5, 0.6) is 0 Å². The van der Waals surface area contributed by atoms with Crippen LogP contribution in [0.25, 0.3) is 0 Å². The van der Waals surface area contributed by atoms with E-state index < -0.39 is 8.80 Å². The Morgan fingerprint density at radius 2 is 1.04 bits per heavy atom. The molecule has 4 nitrogen and oxygen atoms in total. The zero-order chi connectivity index (χ0) is 17.4. The van der Waals surface area contributed by atoms with Crippen molar-refractivity contribution < 1.29 is 13.3 Å². The van der Waals surface area contributed by atoms with Gasteiger partial charge >= 0.3 is 8.80 Å². The Kier molecular flexibility index (Phi) is 15.6. The van der Waals surface area contributed by atoms with Crippen LogP contribution >= 0.6 is 0 Å². The Hall–Kier alpha value is 0.0569. The summed E-state index contributed by atoms with van der Waals surface area (Å²) >= 11 is 0. The van der Waals surface area contributed by atoms with Gasteiger partial charge in [-0.3, -0.25) is 0 Å². The van der Waals surface area contributed by atoms with E-state index in [4.69, 9.17) is 13.3 Å². The van der Waals surface area contributed by atoms with Crippen LogP contribution in [0.1, 0.15) is 71.6 Å². The lowest BCUT2D eigenvalue weighted by Gasteiger charge is -2.24. The number of rotatable bonds is 17. The van der Waals surface area contributed by atoms with Crippen LogP contribution in [0.3, 0.4) is 0 Å². The predicted molar refractivity (Wildman–Crippen MR) is 101 cm³/mol. The molecule has 5 heteroatoms. The summed E-state index contributed by atoms with van der Waals surface area (Å²) in [6, 6.07) is 0.926. The second kappa shape index (κ2) is 15.6. The van der Waals surface area contributed by atoms with Gasteiger partial charge in [-0.15, -0.1) is 0 Å². The van der Waals surface area contributed by atoms with Gasteiger partial charge < -0.3 is 18.2 Å². The first-order valence-corrected chi connectivity index (χ1v) is 11.5. The summed E-state index contributed by atoms with van der Waals surface area (Å²) in [5.74, 6) is 0. The van der Waals surface area contributed by atoms with Gasteiger partial charge in [0, 0.05) is 27.4 Å². The summed E-state index contributed by atoms with van der Waals surface area (Å²) in [7, 11) is 2.74. The molecule has 0 bridgehead atoms. The molecule has 0 radical (unpaired) electrons. The maximum absolute atomic E-state index is 5.46. The standard InChI is InChI=1S/C18H41NO3Si/c1-6-8-15-19(16-9-7-2)17-13-11-10-12-14-18-23(20-3,21-4)22-5/h6-18H2,1-5H3. The topological polar surface area (TPSA) is 30.9 Å². The Morgan fingerprint density at radius 1 is 0.609 bits per heavy atom. The number of hydrogen-bond acceptors (Lipinski definition) is 4. The van der Waals surface area contributed by atoms with Crippen molar-refractivity contribution in [3.8, 4) is 0 Å². The molecule has 0 aromatic heterocycles. The highest BCUT2D eigenvalue weighted by Gasteiger charge is 2.36. The monoisotopic (exact) mass is 347 g/mol. The quantitative estimate of drug-likeness (QED) is 0.281. The van der Waals surface area contributed by atoms with Gasteiger partial charge in [0.15, 0.2) is 0 Å². The molecule has 0 fully saturated rings. The Labute approximate surface area is 146 Å². The summed E-state index contributed by atoms with van der Waals surface area (Å²) < 4.78 is 16.4. The second-order valence-corrected chi connectivity index (χ2v) is 9.45. The normalized spacial score (nSPS) is 12.3. The SMILES string of the molecule is CCCCN(CCCC)CCCCCCC[Si](OC)(OC)OC. The van der Waals surface area contributed by atoms with Gasteiger partial charge in [0.1, 0.15) is 0 Å². The molecule has 140 valence electrons. The van der Waals surface area contributed by atoms with Crippen LogP contribution in [0, 0.1) is 0 Å². The smallest absolute Gasteiger partial charge is 0.377 e. The molecule has 0 aliphatic heterocycles. The van der Waals surface area contributed by atoms with Crippen molar-refractivity contribution >= 4 is 8.80 Å². The molecular weight excluding hydrogens is 306 g/mol. The van der Waals surface area contributed by atoms with Crippen LogP contribution in [0.2, 0.25) is 6.04 Å². The maximum Gasteiger partial charge on any atom is 0.500 e. The highest BCUT2D eigenvalue weighted by molar-refractivity contribution is 6.60. The molecule has 0 aromatic carbocycles. The lowest BCUT2D eigenvalue weighted by Crippen LogP contribution is -2.42. The van der Waals surface area contributed by atoms with Crippen molar-refractivity contribution in [3.63, 3.8) is 0 Å².